The topological polar surface area (TPSA) is 78.4 Å². The minimum Gasteiger partial charge on any atom is -0.481 e. The molecule has 2 amide bonds. The van der Waals surface area contributed by atoms with Crippen molar-refractivity contribution < 1.29 is 19.1 Å². The van der Waals surface area contributed by atoms with Crippen LogP contribution in [0.5, 0.6) is 0 Å². The second-order valence-electron chi connectivity index (χ2n) is 4.73. The molecule has 3 N–H and O–H groups in total. The largest absolute Gasteiger partial charge is 0.481 e. The molecule has 0 bridgehead atoms. The average Bonchev–Trinajstić information content (AvgIpc) is 2.44. The molecule has 7 heteroatoms. The van der Waals surface area contributed by atoms with Crippen molar-refractivity contribution in [1.82, 2.24) is 5.32 Å². The standard InChI is InChI=1S/C14H18BrFN2O3/c1-3-14(4-2,12(19)20)8-17-13(21)18-9-5-6-10(15)11(16)7-9/h5-7H,3-4,8H2,1-2H3,(H,19,20)(H2,17,18,21). The Morgan fingerprint density at radius 2 is 1.95 bits per heavy atom. The predicted octanol–water partition coefficient (Wildman–Crippen LogP) is 3.60. The lowest BCUT2D eigenvalue weighted by Gasteiger charge is -2.26. The lowest BCUT2D eigenvalue weighted by atomic mass is 9.82. The molecule has 0 aliphatic rings. The smallest absolute Gasteiger partial charge is 0.319 e. The van der Waals surface area contributed by atoms with Crippen molar-refractivity contribution in [3.8, 4) is 0 Å². The van der Waals surface area contributed by atoms with Gasteiger partial charge in [0.1, 0.15) is 5.82 Å². The number of carboxylic acid groups (broad SMARTS) is 1. The first-order chi connectivity index (χ1) is 9.84. The lowest BCUT2D eigenvalue weighted by Crippen LogP contribution is -2.43. The molecule has 0 atom stereocenters. The number of amides is 2. The number of anilines is 1. The van der Waals surface area contributed by atoms with E-state index >= 15 is 0 Å². The summed E-state index contributed by atoms with van der Waals surface area (Å²) in [6, 6.07) is 3.62. The minimum absolute atomic E-state index is 0.0141. The van der Waals surface area contributed by atoms with Crippen molar-refractivity contribution in [1.29, 1.82) is 0 Å². The number of nitrogens with one attached hydrogen (secondary N) is 2. The van der Waals surface area contributed by atoms with Gasteiger partial charge in [-0.1, -0.05) is 13.8 Å². The fraction of sp³-hybridized carbons (Fsp3) is 0.429. The van der Waals surface area contributed by atoms with Crippen LogP contribution in [0.1, 0.15) is 26.7 Å². The lowest BCUT2D eigenvalue weighted by molar-refractivity contribution is -0.149. The molecule has 0 saturated carbocycles. The fourth-order valence-electron chi connectivity index (χ4n) is 1.88. The Kier molecular flexibility index (Phi) is 6.14. The quantitative estimate of drug-likeness (QED) is 0.725. The Labute approximate surface area is 131 Å². The molecule has 0 fully saturated rings. The van der Waals surface area contributed by atoms with Crippen LogP contribution in [0.2, 0.25) is 0 Å². The van der Waals surface area contributed by atoms with Gasteiger partial charge in [0.25, 0.3) is 0 Å². The predicted molar refractivity (Wildman–Crippen MR) is 81.8 cm³/mol. The Bertz CT molecular complexity index is 533. The first kappa shape index (κ1) is 17.4. The number of hydrogen-bond acceptors (Lipinski definition) is 2. The second kappa shape index (κ2) is 7.40. The Balaban J connectivity index is 2.65. The van der Waals surface area contributed by atoms with Gasteiger partial charge in [-0.25, -0.2) is 9.18 Å². The minimum atomic E-state index is -0.984. The molecule has 0 spiro atoms. The molecule has 116 valence electrons. The highest BCUT2D eigenvalue weighted by molar-refractivity contribution is 9.10. The summed E-state index contributed by atoms with van der Waals surface area (Å²) < 4.78 is 13.6. The van der Waals surface area contributed by atoms with Gasteiger partial charge >= 0.3 is 12.0 Å². The summed E-state index contributed by atoms with van der Waals surface area (Å²) in [4.78, 5) is 23.1. The van der Waals surface area contributed by atoms with E-state index in [4.69, 9.17) is 0 Å². The van der Waals surface area contributed by atoms with E-state index in [1.54, 1.807) is 13.8 Å². The zero-order valence-corrected chi connectivity index (χ0v) is 13.5. The van der Waals surface area contributed by atoms with Crippen molar-refractivity contribution in [2.24, 2.45) is 5.41 Å². The van der Waals surface area contributed by atoms with Crippen molar-refractivity contribution in [3.05, 3.63) is 28.5 Å². The number of urea groups is 1. The first-order valence-electron chi connectivity index (χ1n) is 6.58. The van der Waals surface area contributed by atoms with Crippen LogP contribution in [-0.2, 0) is 4.79 Å². The second-order valence-corrected chi connectivity index (χ2v) is 5.58. The van der Waals surface area contributed by atoms with E-state index in [1.807, 2.05) is 0 Å². The van der Waals surface area contributed by atoms with Crippen LogP contribution in [0.4, 0.5) is 14.9 Å². The van der Waals surface area contributed by atoms with Gasteiger partial charge in [0.15, 0.2) is 0 Å². The molecule has 1 aromatic carbocycles. The van der Waals surface area contributed by atoms with Gasteiger partial charge < -0.3 is 15.7 Å². The summed E-state index contributed by atoms with van der Waals surface area (Å²) in [5, 5.41) is 14.3. The zero-order chi connectivity index (χ0) is 16.0. The number of halogens is 2. The summed E-state index contributed by atoms with van der Waals surface area (Å²) in [5.74, 6) is -1.43. The number of carbonyl (C=O) groups excluding carboxylic acids is 1. The maximum atomic E-state index is 13.3. The molecule has 0 saturated heterocycles. The highest BCUT2D eigenvalue weighted by Gasteiger charge is 2.35. The molecule has 5 nitrogen and oxygen atoms in total. The van der Waals surface area contributed by atoms with Gasteiger partial charge in [0.05, 0.1) is 9.89 Å². The van der Waals surface area contributed by atoms with Gasteiger partial charge in [-0.2, -0.15) is 0 Å². The monoisotopic (exact) mass is 360 g/mol. The normalized spacial score (nSPS) is 11.0. The fourth-order valence-corrected chi connectivity index (χ4v) is 2.12. The third kappa shape index (κ3) is 4.42. The number of aliphatic carboxylic acids is 1. The number of benzene rings is 1. The average molecular weight is 361 g/mol. The van der Waals surface area contributed by atoms with Crippen LogP contribution in [-0.4, -0.2) is 23.7 Å². The van der Waals surface area contributed by atoms with Crippen molar-refractivity contribution in [2.75, 3.05) is 11.9 Å². The van der Waals surface area contributed by atoms with Gasteiger partial charge in [-0.15, -0.1) is 0 Å². The molecule has 1 aromatic rings. The third-order valence-electron chi connectivity index (χ3n) is 3.57. The Hall–Kier alpha value is -1.63. The molecule has 0 radical (unpaired) electrons. The van der Waals surface area contributed by atoms with Crippen molar-refractivity contribution in [2.45, 2.75) is 26.7 Å². The van der Waals surface area contributed by atoms with E-state index in [-0.39, 0.29) is 6.54 Å². The van der Waals surface area contributed by atoms with Gasteiger partial charge in [-0.3, -0.25) is 4.79 Å². The summed E-state index contributed by atoms with van der Waals surface area (Å²) in [6.45, 7) is 3.54. The Morgan fingerprint density at radius 1 is 1.33 bits per heavy atom. The molecule has 1 rings (SSSR count). The molecule has 0 heterocycles. The SMILES string of the molecule is CCC(CC)(CNC(=O)Nc1ccc(Br)c(F)c1)C(=O)O. The number of hydrogen-bond donors (Lipinski definition) is 3. The van der Waals surface area contributed by atoms with Crippen molar-refractivity contribution >= 4 is 33.6 Å². The van der Waals surface area contributed by atoms with Gasteiger partial charge in [0, 0.05) is 12.2 Å². The summed E-state index contributed by atoms with van der Waals surface area (Å²) in [6.07, 6.45) is 0.818. The van der Waals surface area contributed by atoms with E-state index in [9.17, 15) is 19.1 Å². The first-order valence-corrected chi connectivity index (χ1v) is 7.37. The summed E-state index contributed by atoms with van der Waals surface area (Å²) in [7, 11) is 0. The number of rotatable bonds is 6. The third-order valence-corrected chi connectivity index (χ3v) is 4.22. The molecule has 0 aliphatic carbocycles. The van der Waals surface area contributed by atoms with E-state index in [2.05, 4.69) is 26.6 Å². The van der Waals surface area contributed by atoms with Gasteiger partial charge in [-0.05, 0) is 47.0 Å². The van der Waals surface area contributed by atoms with E-state index in [0.29, 0.717) is 23.0 Å². The maximum absolute atomic E-state index is 13.3. The highest BCUT2D eigenvalue weighted by atomic mass is 79.9. The maximum Gasteiger partial charge on any atom is 0.319 e. The van der Waals surface area contributed by atoms with Gasteiger partial charge in [0.2, 0.25) is 0 Å². The molecular weight excluding hydrogens is 343 g/mol. The van der Waals surface area contributed by atoms with Crippen molar-refractivity contribution in [3.63, 3.8) is 0 Å². The molecule has 21 heavy (non-hydrogen) atoms. The summed E-state index contributed by atoms with van der Waals surface area (Å²) >= 11 is 3.02. The Morgan fingerprint density at radius 3 is 2.43 bits per heavy atom. The van der Waals surface area contributed by atoms with Crippen LogP contribution in [0.15, 0.2) is 22.7 Å². The van der Waals surface area contributed by atoms with Crippen LogP contribution < -0.4 is 10.6 Å². The molecular formula is C14H18BrFN2O3. The highest BCUT2D eigenvalue weighted by Crippen LogP contribution is 2.25. The number of carbonyl (C=O) groups is 2. The van der Waals surface area contributed by atoms with Crippen LogP contribution in [0.3, 0.4) is 0 Å². The van der Waals surface area contributed by atoms with Crippen LogP contribution >= 0.6 is 15.9 Å². The van der Waals surface area contributed by atoms with E-state index in [0.717, 1.165) is 0 Å². The summed E-state index contributed by atoms with van der Waals surface area (Å²) in [5.41, 5.74) is -0.690. The molecule has 0 aliphatic heterocycles. The van der Waals surface area contributed by atoms with E-state index < -0.39 is 23.2 Å². The van der Waals surface area contributed by atoms with Crippen LogP contribution in [0, 0.1) is 11.2 Å². The van der Waals surface area contributed by atoms with E-state index in [1.165, 1.54) is 18.2 Å². The molecule has 0 aromatic heterocycles. The van der Waals surface area contributed by atoms with Crippen LogP contribution in [0.25, 0.3) is 0 Å². The molecule has 0 unspecified atom stereocenters. The zero-order valence-electron chi connectivity index (χ0n) is 11.9. The number of carboxylic acids is 1.